The molecular formula is C64H56N6S2. The first kappa shape index (κ1) is 45.6. The number of hydrazone groups is 2. The molecule has 354 valence electrons. The zero-order valence-electron chi connectivity index (χ0n) is 41.5. The van der Waals surface area contributed by atoms with E-state index in [2.05, 4.69) is 234 Å². The Hall–Kier alpha value is -7.52. The molecule has 8 aromatic carbocycles. The van der Waals surface area contributed by atoms with Gasteiger partial charge in [0.25, 0.3) is 0 Å². The minimum Gasteiger partial charge on any atom is -0.257 e. The molecule has 0 N–H and O–H groups in total. The van der Waals surface area contributed by atoms with Gasteiger partial charge in [-0.2, -0.15) is 10.2 Å². The number of thiazole rings is 2. The topological polar surface area (TPSA) is 57.0 Å². The summed E-state index contributed by atoms with van der Waals surface area (Å²) in [6.45, 7) is 13.6. The highest BCUT2D eigenvalue weighted by Gasteiger charge is 2.32. The first-order chi connectivity index (χ1) is 34.9. The van der Waals surface area contributed by atoms with Crippen LogP contribution in [0.15, 0.2) is 204 Å². The van der Waals surface area contributed by atoms with Crippen LogP contribution in [0.4, 0.5) is 11.4 Å². The number of nitrogens with zero attached hydrogens (tertiary/aromatic N) is 6. The van der Waals surface area contributed by atoms with Gasteiger partial charge in [-0.1, -0.05) is 163 Å². The summed E-state index contributed by atoms with van der Waals surface area (Å²) in [5.41, 5.74) is 18.5. The van der Waals surface area contributed by atoms with Crippen LogP contribution in [0.1, 0.15) is 99.8 Å². The summed E-state index contributed by atoms with van der Waals surface area (Å²) in [5.74, 6) is 0. The zero-order chi connectivity index (χ0) is 49.1. The SMILES string of the molecule is CC(C)(C)c1ccc(C2CC(c3ccc(-c4ccc(C5=NN(c6ccc(-c7nc8ccccc8s7)cc6)C(c6ccc(C(C)(C)C)cc6)C5)cc4)cc3)=NN2c2ccc(-c3nc4ccccc4s3)cc2)cc1. The fraction of sp³-hybridized carbons (Fsp3) is 0.188. The van der Waals surface area contributed by atoms with Crippen LogP contribution in [-0.2, 0) is 10.8 Å². The summed E-state index contributed by atoms with van der Waals surface area (Å²) in [6.07, 6.45) is 1.60. The van der Waals surface area contributed by atoms with Crippen LogP contribution >= 0.6 is 22.7 Å². The first-order valence-electron chi connectivity index (χ1n) is 25.0. The Bertz CT molecular complexity index is 3320. The number of fused-ring (bicyclic) bond motifs is 2. The van der Waals surface area contributed by atoms with Gasteiger partial charge < -0.3 is 0 Å². The maximum absolute atomic E-state index is 5.37. The quantitative estimate of drug-likeness (QED) is 0.145. The van der Waals surface area contributed by atoms with Crippen LogP contribution in [0.3, 0.4) is 0 Å². The number of hydrogen-bond acceptors (Lipinski definition) is 8. The molecule has 2 aliphatic heterocycles. The highest BCUT2D eigenvalue weighted by Crippen LogP contribution is 2.42. The van der Waals surface area contributed by atoms with Crippen LogP contribution in [0.2, 0.25) is 0 Å². The van der Waals surface area contributed by atoms with Gasteiger partial charge in [0.2, 0.25) is 0 Å². The van der Waals surface area contributed by atoms with Gasteiger partial charge in [0.1, 0.15) is 10.0 Å². The predicted molar refractivity (Wildman–Crippen MR) is 305 cm³/mol. The normalized spacial score (nSPS) is 16.2. The summed E-state index contributed by atoms with van der Waals surface area (Å²) < 4.78 is 2.40. The predicted octanol–water partition coefficient (Wildman–Crippen LogP) is 17.2. The van der Waals surface area contributed by atoms with Gasteiger partial charge in [-0.3, -0.25) is 10.0 Å². The Labute approximate surface area is 430 Å². The molecule has 0 amide bonds. The van der Waals surface area contributed by atoms with Gasteiger partial charge in [-0.05, 0) is 128 Å². The van der Waals surface area contributed by atoms with Gasteiger partial charge in [-0.15, -0.1) is 22.7 Å². The molecule has 0 bridgehead atoms. The molecule has 0 saturated carbocycles. The van der Waals surface area contributed by atoms with Crippen LogP contribution in [0, 0.1) is 0 Å². The van der Waals surface area contributed by atoms with Gasteiger partial charge in [-0.25, -0.2) is 9.97 Å². The van der Waals surface area contributed by atoms with Gasteiger partial charge >= 0.3 is 0 Å². The van der Waals surface area contributed by atoms with Crippen molar-refractivity contribution in [3.05, 3.63) is 228 Å². The van der Waals surface area contributed by atoms with Crippen molar-refractivity contribution >= 4 is 65.9 Å². The van der Waals surface area contributed by atoms with E-state index in [0.29, 0.717) is 0 Å². The number of benzene rings is 8. The zero-order valence-corrected chi connectivity index (χ0v) is 43.2. The Kier molecular flexibility index (Phi) is 11.6. The van der Waals surface area contributed by atoms with E-state index >= 15 is 0 Å². The summed E-state index contributed by atoms with van der Waals surface area (Å²) in [4.78, 5) is 9.84. The maximum Gasteiger partial charge on any atom is 0.124 e. The first-order valence-corrected chi connectivity index (χ1v) is 26.6. The summed E-state index contributed by atoms with van der Waals surface area (Å²) in [6, 6.07) is 70.5. The van der Waals surface area contributed by atoms with Crippen molar-refractivity contribution in [1.29, 1.82) is 0 Å². The monoisotopic (exact) mass is 972 g/mol. The van der Waals surface area contributed by atoms with E-state index in [-0.39, 0.29) is 22.9 Å². The van der Waals surface area contributed by atoms with Crippen molar-refractivity contribution < 1.29 is 0 Å². The molecule has 12 rings (SSSR count). The van der Waals surface area contributed by atoms with E-state index in [1.54, 1.807) is 22.7 Å². The van der Waals surface area contributed by atoms with Crippen molar-refractivity contribution in [2.45, 2.75) is 77.3 Å². The Morgan fingerprint density at radius 1 is 0.375 bits per heavy atom. The third-order valence-corrected chi connectivity index (χ3v) is 16.4. The van der Waals surface area contributed by atoms with Crippen LogP contribution < -0.4 is 10.0 Å². The molecule has 6 nitrogen and oxygen atoms in total. The molecule has 0 aliphatic carbocycles. The fourth-order valence-corrected chi connectivity index (χ4v) is 11.9. The molecule has 8 heteroatoms. The van der Waals surface area contributed by atoms with E-state index in [1.165, 1.54) is 42.8 Å². The number of rotatable bonds is 9. The van der Waals surface area contributed by atoms with Gasteiger partial charge in [0, 0.05) is 24.0 Å². The maximum atomic E-state index is 5.37. The Balaban J connectivity index is 0.800. The molecule has 0 saturated heterocycles. The molecule has 0 spiro atoms. The van der Waals surface area contributed by atoms with Gasteiger partial charge in [0.05, 0.1) is 55.3 Å². The molecule has 0 fully saturated rings. The second kappa shape index (κ2) is 18.3. The van der Waals surface area contributed by atoms with E-state index in [4.69, 9.17) is 20.2 Å². The summed E-state index contributed by atoms with van der Waals surface area (Å²) in [7, 11) is 0. The van der Waals surface area contributed by atoms with E-state index < -0.39 is 0 Å². The molecule has 2 unspecified atom stereocenters. The smallest absolute Gasteiger partial charge is 0.124 e. The number of para-hydroxylation sites is 2. The number of anilines is 2. The lowest BCUT2D eigenvalue weighted by atomic mass is 9.86. The third-order valence-electron chi connectivity index (χ3n) is 14.3. The molecular weight excluding hydrogens is 917 g/mol. The Morgan fingerprint density at radius 3 is 1.06 bits per heavy atom. The van der Waals surface area contributed by atoms with Crippen LogP contribution in [-0.4, -0.2) is 21.4 Å². The van der Waals surface area contributed by atoms with E-state index in [1.807, 2.05) is 12.1 Å². The highest BCUT2D eigenvalue weighted by atomic mass is 32.1. The standard InChI is InChI=1S/C64H56N6S2/c1-63(2,3)49-31-23-45(24-32-49)57-39-55(67-69(57)51-35-27-47(28-36-51)61-65-53-11-7-9-13-59(53)71-61)43-19-15-41(16-20-43)42-17-21-44(22-18-42)56-40-58(46-25-33-50(34-26-46)64(4,5)6)70(68-56)52-37-29-48(30-38-52)62-66-54-12-8-10-14-60(54)72-62/h7-38,57-58H,39-40H2,1-6H3. The lowest BCUT2D eigenvalue weighted by molar-refractivity contribution is 0.589. The molecule has 0 radical (unpaired) electrons. The van der Waals surface area contributed by atoms with Crippen LogP contribution in [0.25, 0.3) is 52.7 Å². The largest absolute Gasteiger partial charge is 0.257 e. The molecule has 2 aliphatic rings. The fourth-order valence-electron chi connectivity index (χ4n) is 9.99. The minimum absolute atomic E-state index is 0.0650. The highest BCUT2D eigenvalue weighted by molar-refractivity contribution is 7.22. The van der Waals surface area contributed by atoms with Crippen LogP contribution in [0.5, 0.6) is 0 Å². The summed E-state index contributed by atoms with van der Waals surface area (Å²) in [5, 5.41) is 17.2. The molecule has 2 atom stereocenters. The summed E-state index contributed by atoms with van der Waals surface area (Å²) >= 11 is 3.46. The Morgan fingerprint density at radius 2 is 0.708 bits per heavy atom. The second-order valence-electron chi connectivity index (χ2n) is 21.2. The molecule has 4 heterocycles. The van der Waals surface area contributed by atoms with E-state index in [0.717, 1.165) is 78.9 Å². The van der Waals surface area contributed by atoms with E-state index in [9.17, 15) is 0 Å². The molecule has 72 heavy (non-hydrogen) atoms. The third kappa shape index (κ3) is 8.95. The average Bonchev–Trinajstić information content (AvgIpc) is 4.24. The lowest BCUT2D eigenvalue weighted by Gasteiger charge is -2.25. The van der Waals surface area contributed by atoms with Crippen molar-refractivity contribution in [1.82, 2.24) is 9.97 Å². The number of hydrogen-bond donors (Lipinski definition) is 0. The second-order valence-corrected chi connectivity index (χ2v) is 23.2. The van der Waals surface area contributed by atoms with Crippen molar-refractivity contribution in [3.8, 4) is 32.3 Å². The van der Waals surface area contributed by atoms with Crippen molar-refractivity contribution in [2.24, 2.45) is 10.2 Å². The minimum atomic E-state index is 0.0650. The number of aromatic nitrogens is 2. The van der Waals surface area contributed by atoms with Crippen molar-refractivity contribution in [2.75, 3.05) is 10.0 Å². The van der Waals surface area contributed by atoms with Crippen molar-refractivity contribution in [3.63, 3.8) is 0 Å². The molecule has 2 aromatic heterocycles. The molecule has 10 aromatic rings. The average molecular weight is 973 g/mol. The lowest BCUT2D eigenvalue weighted by Crippen LogP contribution is -2.19. The van der Waals surface area contributed by atoms with Gasteiger partial charge in [0.15, 0.2) is 0 Å².